The fourth-order valence-corrected chi connectivity index (χ4v) is 6.63. The number of anilines is 1. The van der Waals surface area contributed by atoms with Crippen molar-refractivity contribution in [2.75, 3.05) is 11.5 Å². The van der Waals surface area contributed by atoms with Gasteiger partial charge in [-0.25, -0.2) is 9.88 Å². The summed E-state index contributed by atoms with van der Waals surface area (Å²) in [5.74, 6) is -0.394. The van der Waals surface area contributed by atoms with Gasteiger partial charge in [0.25, 0.3) is 0 Å². The van der Waals surface area contributed by atoms with E-state index < -0.39 is 23.0 Å². The molecule has 1 aromatic heterocycles. The lowest BCUT2D eigenvalue weighted by molar-refractivity contribution is -0.131. The first-order chi connectivity index (χ1) is 18.2. The molecule has 0 N–H and O–H groups in total. The van der Waals surface area contributed by atoms with E-state index in [1.165, 1.54) is 4.90 Å². The van der Waals surface area contributed by atoms with Crippen molar-refractivity contribution in [3.63, 3.8) is 0 Å². The second kappa shape index (κ2) is 8.60. The van der Waals surface area contributed by atoms with E-state index in [-0.39, 0.29) is 17.7 Å². The number of imide groups is 1. The minimum Gasteiger partial charge on any atom is -0.477 e. The highest BCUT2D eigenvalue weighted by Gasteiger charge is 2.74. The van der Waals surface area contributed by atoms with Gasteiger partial charge in [-0.15, -0.1) is 0 Å². The van der Waals surface area contributed by atoms with Crippen LogP contribution in [0.25, 0.3) is 10.8 Å². The molecule has 3 aromatic rings. The second-order valence-corrected chi connectivity index (χ2v) is 11.2. The number of benzene rings is 2. The van der Waals surface area contributed by atoms with Crippen LogP contribution in [0.1, 0.15) is 63.0 Å². The van der Waals surface area contributed by atoms with Crippen LogP contribution in [0.15, 0.2) is 42.5 Å². The standard InChI is InChI=1S/C30H30N4O4/c1-17(2)26-32-18(3)15-23(33-26)37-14-13-30-12-11-29(4,38-30)24-25(30)28(36)34(27(24)35)22-10-9-19-7-5-6-8-20(19)21(22)16-31/h5-10,15,17,24-25H,11-14H2,1-4H3. The first kappa shape index (κ1) is 24.5. The molecule has 0 radical (unpaired) electrons. The van der Waals surface area contributed by atoms with Crippen molar-refractivity contribution in [2.45, 2.75) is 64.1 Å². The summed E-state index contributed by atoms with van der Waals surface area (Å²) < 4.78 is 12.6. The van der Waals surface area contributed by atoms with Crippen molar-refractivity contribution in [1.29, 1.82) is 5.26 Å². The third-order valence-electron chi connectivity index (χ3n) is 8.41. The van der Waals surface area contributed by atoms with Crippen LogP contribution in [0.4, 0.5) is 5.69 Å². The van der Waals surface area contributed by atoms with Gasteiger partial charge >= 0.3 is 0 Å². The molecule has 8 heteroatoms. The first-order valence-electron chi connectivity index (χ1n) is 13.2. The number of ether oxygens (including phenoxy) is 2. The number of aryl methyl sites for hydroxylation is 1. The van der Waals surface area contributed by atoms with E-state index in [0.717, 1.165) is 22.3 Å². The summed E-state index contributed by atoms with van der Waals surface area (Å²) in [6.45, 7) is 8.21. The van der Waals surface area contributed by atoms with Gasteiger partial charge in [-0.05, 0) is 38.1 Å². The molecule has 6 rings (SSSR count). The maximum Gasteiger partial charge on any atom is 0.240 e. The molecule has 3 saturated heterocycles. The van der Waals surface area contributed by atoms with Crippen molar-refractivity contribution >= 4 is 28.3 Å². The van der Waals surface area contributed by atoms with Crippen LogP contribution in [-0.4, -0.2) is 39.6 Å². The van der Waals surface area contributed by atoms with E-state index in [2.05, 4.69) is 16.0 Å². The molecular formula is C30H30N4O4. The van der Waals surface area contributed by atoms with E-state index in [1.54, 1.807) is 12.1 Å². The highest BCUT2D eigenvalue weighted by atomic mass is 16.5. The van der Waals surface area contributed by atoms with Crippen molar-refractivity contribution in [2.24, 2.45) is 11.8 Å². The Kier molecular flexibility index (Phi) is 5.55. The van der Waals surface area contributed by atoms with Crippen molar-refractivity contribution < 1.29 is 19.1 Å². The SMILES string of the molecule is Cc1cc(OCCC23CCC(C)(O2)C2C(=O)N(c4ccc5ccccc5c4C#N)C(=O)C23)nc(C(C)C)n1. The summed E-state index contributed by atoms with van der Waals surface area (Å²) in [5.41, 5.74) is -0.0126. The largest absolute Gasteiger partial charge is 0.477 e. The Morgan fingerprint density at radius 2 is 1.89 bits per heavy atom. The third kappa shape index (κ3) is 3.52. The Balaban J connectivity index is 1.30. The second-order valence-electron chi connectivity index (χ2n) is 11.2. The number of nitrogens with zero attached hydrogens (tertiary/aromatic N) is 4. The summed E-state index contributed by atoms with van der Waals surface area (Å²) in [4.78, 5) is 38.1. The average Bonchev–Trinajstić information content (AvgIpc) is 3.47. The van der Waals surface area contributed by atoms with Gasteiger partial charge < -0.3 is 9.47 Å². The molecule has 0 spiro atoms. The maximum absolute atomic E-state index is 14.0. The predicted octanol–water partition coefficient (Wildman–Crippen LogP) is 4.83. The number of hydrogen-bond donors (Lipinski definition) is 0. The van der Waals surface area contributed by atoms with Crippen molar-refractivity contribution in [1.82, 2.24) is 9.97 Å². The highest BCUT2D eigenvalue weighted by Crippen LogP contribution is 2.62. The number of rotatable bonds is 6. The van der Waals surface area contributed by atoms with Crippen LogP contribution in [-0.2, 0) is 14.3 Å². The fourth-order valence-electron chi connectivity index (χ4n) is 6.63. The quantitative estimate of drug-likeness (QED) is 0.437. The maximum atomic E-state index is 14.0. The average molecular weight is 511 g/mol. The normalized spacial score (nSPS) is 27.8. The zero-order valence-corrected chi connectivity index (χ0v) is 22.0. The molecule has 4 atom stereocenters. The highest BCUT2D eigenvalue weighted by molar-refractivity contribution is 6.24. The van der Waals surface area contributed by atoms with Gasteiger partial charge in [0.1, 0.15) is 11.9 Å². The minimum atomic E-state index is -0.798. The zero-order valence-electron chi connectivity index (χ0n) is 22.0. The number of fused-ring (bicyclic) bond motifs is 6. The van der Waals surface area contributed by atoms with E-state index in [9.17, 15) is 14.9 Å². The number of amides is 2. The smallest absolute Gasteiger partial charge is 0.240 e. The lowest BCUT2D eigenvalue weighted by Gasteiger charge is -2.31. The Morgan fingerprint density at radius 1 is 1.13 bits per heavy atom. The molecule has 38 heavy (non-hydrogen) atoms. The molecule has 2 aromatic carbocycles. The van der Waals surface area contributed by atoms with E-state index in [0.29, 0.717) is 43.0 Å². The number of aromatic nitrogens is 2. The molecule has 0 saturated carbocycles. The summed E-state index contributed by atoms with van der Waals surface area (Å²) in [6.07, 6.45) is 1.82. The molecule has 8 nitrogen and oxygen atoms in total. The van der Waals surface area contributed by atoms with Gasteiger partial charge in [-0.3, -0.25) is 9.59 Å². The Hall–Kier alpha value is -3.83. The molecule has 3 aliphatic heterocycles. The van der Waals surface area contributed by atoms with Crippen LogP contribution in [0.3, 0.4) is 0 Å². The summed E-state index contributed by atoms with van der Waals surface area (Å²) in [7, 11) is 0. The molecule has 0 aliphatic carbocycles. The van der Waals surface area contributed by atoms with Gasteiger partial charge in [0.15, 0.2) is 0 Å². The van der Waals surface area contributed by atoms with Crippen molar-refractivity contribution in [3.8, 4) is 11.9 Å². The van der Waals surface area contributed by atoms with Gasteiger partial charge in [0.2, 0.25) is 17.7 Å². The summed E-state index contributed by atoms with van der Waals surface area (Å²) in [5, 5.41) is 11.6. The number of nitriles is 1. The Morgan fingerprint density at radius 3 is 2.66 bits per heavy atom. The predicted molar refractivity (Wildman–Crippen MR) is 141 cm³/mol. The number of carbonyl (C=O) groups is 2. The molecule has 194 valence electrons. The molecule has 2 amide bonds. The Bertz CT molecular complexity index is 1530. The van der Waals surface area contributed by atoms with Crippen LogP contribution < -0.4 is 9.64 Å². The summed E-state index contributed by atoms with van der Waals surface area (Å²) in [6, 6.07) is 15.1. The van der Waals surface area contributed by atoms with E-state index >= 15 is 0 Å². The van der Waals surface area contributed by atoms with Crippen LogP contribution in [0, 0.1) is 30.1 Å². The van der Waals surface area contributed by atoms with Crippen LogP contribution in [0.2, 0.25) is 0 Å². The fraction of sp³-hybridized carbons (Fsp3) is 0.433. The van der Waals surface area contributed by atoms with E-state index in [1.807, 2.05) is 58.0 Å². The molecule has 3 aliphatic rings. The molecular weight excluding hydrogens is 480 g/mol. The molecule has 4 unspecified atom stereocenters. The van der Waals surface area contributed by atoms with Crippen molar-refractivity contribution in [3.05, 3.63) is 59.5 Å². The monoisotopic (exact) mass is 510 g/mol. The van der Waals surface area contributed by atoms with Gasteiger partial charge in [0.05, 0.1) is 40.9 Å². The summed E-state index contributed by atoms with van der Waals surface area (Å²) >= 11 is 0. The van der Waals surface area contributed by atoms with E-state index in [4.69, 9.17) is 9.47 Å². The molecule has 3 fully saturated rings. The van der Waals surface area contributed by atoms with Gasteiger partial charge in [0, 0.05) is 29.5 Å². The third-order valence-corrected chi connectivity index (χ3v) is 8.41. The molecule has 4 heterocycles. The number of carbonyl (C=O) groups excluding carboxylic acids is 2. The van der Waals surface area contributed by atoms with Gasteiger partial charge in [-0.1, -0.05) is 44.2 Å². The topological polar surface area (TPSA) is 105 Å². The van der Waals surface area contributed by atoms with Gasteiger partial charge in [-0.2, -0.15) is 10.2 Å². The van der Waals surface area contributed by atoms with Crippen LogP contribution in [0.5, 0.6) is 5.88 Å². The lowest BCUT2D eigenvalue weighted by Crippen LogP contribution is -2.43. The first-order valence-corrected chi connectivity index (χ1v) is 13.2. The molecule has 2 bridgehead atoms. The number of hydrogen-bond acceptors (Lipinski definition) is 7. The zero-order chi connectivity index (χ0) is 26.8. The van der Waals surface area contributed by atoms with Crippen LogP contribution >= 0.6 is 0 Å². The minimum absolute atomic E-state index is 0.173. The Labute approximate surface area is 221 Å². The lowest BCUT2D eigenvalue weighted by atomic mass is 9.67.